The Kier molecular flexibility index (Phi) is 5.52. The van der Waals surface area contributed by atoms with Gasteiger partial charge in [0.05, 0.1) is 10.9 Å². The van der Waals surface area contributed by atoms with Crippen molar-refractivity contribution in [2.45, 2.75) is 6.42 Å². The van der Waals surface area contributed by atoms with Gasteiger partial charge in [0.15, 0.2) is 0 Å². The van der Waals surface area contributed by atoms with E-state index in [1.165, 1.54) is 28.3 Å². The minimum atomic E-state index is -0.370. The molecule has 0 aliphatic rings. The van der Waals surface area contributed by atoms with Crippen LogP contribution in [0.3, 0.4) is 0 Å². The van der Waals surface area contributed by atoms with E-state index in [4.69, 9.17) is 11.6 Å². The molecule has 2 rings (SSSR count). The molecule has 20 heavy (non-hydrogen) atoms. The molecule has 2 aromatic rings. The Bertz CT molecular complexity index is 588. The SMILES string of the molecule is O=C(CNCCc1ccc(Cl)s1)Nc1cccc(F)c1. The maximum atomic E-state index is 12.9. The number of carbonyl (C=O) groups excluding carboxylic acids is 1. The first-order valence-corrected chi connectivity index (χ1v) is 7.33. The van der Waals surface area contributed by atoms with Crippen molar-refractivity contribution in [3.05, 3.63) is 51.4 Å². The lowest BCUT2D eigenvalue weighted by Crippen LogP contribution is -2.29. The molecule has 0 fully saturated rings. The molecule has 0 radical (unpaired) electrons. The van der Waals surface area contributed by atoms with Gasteiger partial charge in [0.1, 0.15) is 5.82 Å². The third-order valence-corrected chi connectivity index (χ3v) is 3.86. The van der Waals surface area contributed by atoms with Crippen molar-refractivity contribution in [1.29, 1.82) is 0 Å². The smallest absolute Gasteiger partial charge is 0.238 e. The highest BCUT2D eigenvalue weighted by atomic mass is 35.5. The maximum absolute atomic E-state index is 12.9. The number of amides is 1. The van der Waals surface area contributed by atoms with Gasteiger partial charge in [-0.3, -0.25) is 4.79 Å². The van der Waals surface area contributed by atoms with E-state index in [1.54, 1.807) is 12.1 Å². The Morgan fingerprint density at radius 2 is 2.15 bits per heavy atom. The minimum absolute atomic E-state index is 0.190. The summed E-state index contributed by atoms with van der Waals surface area (Å²) in [4.78, 5) is 12.8. The number of halogens is 2. The predicted molar refractivity (Wildman–Crippen MR) is 80.9 cm³/mol. The predicted octanol–water partition coefficient (Wildman–Crippen LogP) is 3.31. The largest absolute Gasteiger partial charge is 0.325 e. The van der Waals surface area contributed by atoms with Crippen LogP contribution in [-0.4, -0.2) is 19.0 Å². The molecular weight excluding hydrogens is 299 g/mol. The molecule has 0 spiro atoms. The van der Waals surface area contributed by atoms with Crippen LogP contribution in [0.4, 0.5) is 10.1 Å². The van der Waals surface area contributed by atoms with E-state index in [2.05, 4.69) is 10.6 Å². The molecule has 0 saturated carbocycles. The van der Waals surface area contributed by atoms with Crippen LogP contribution in [0.15, 0.2) is 36.4 Å². The summed E-state index contributed by atoms with van der Waals surface area (Å²) in [6.45, 7) is 0.878. The summed E-state index contributed by atoms with van der Waals surface area (Å²) >= 11 is 7.36. The quantitative estimate of drug-likeness (QED) is 0.804. The average Bonchev–Trinajstić information content (AvgIpc) is 2.80. The lowest BCUT2D eigenvalue weighted by molar-refractivity contribution is -0.115. The third-order valence-electron chi connectivity index (χ3n) is 2.57. The molecule has 0 atom stereocenters. The molecule has 0 saturated heterocycles. The Hall–Kier alpha value is -1.43. The van der Waals surface area contributed by atoms with Crippen LogP contribution in [0.2, 0.25) is 4.34 Å². The van der Waals surface area contributed by atoms with Crippen LogP contribution in [0.25, 0.3) is 0 Å². The van der Waals surface area contributed by atoms with E-state index >= 15 is 0 Å². The summed E-state index contributed by atoms with van der Waals surface area (Å²) < 4.78 is 13.7. The van der Waals surface area contributed by atoms with Gasteiger partial charge in [-0.15, -0.1) is 11.3 Å². The molecule has 2 N–H and O–H groups in total. The highest BCUT2D eigenvalue weighted by Crippen LogP contribution is 2.21. The first kappa shape index (κ1) is 15.0. The highest BCUT2D eigenvalue weighted by Gasteiger charge is 2.03. The van der Waals surface area contributed by atoms with E-state index in [0.29, 0.717) is 12.2 Å². The van der Waals surface area contributed by atoms with Crippen molar-refractivity contribution < 1.29 is 9.18 Å². The second kappa shape index (κ2) is 7.38. The van der Waals surface area contributed by atoms with E-state index in [9.17, 15) is 9.18 Å². The molecule has 0 unspecified atom stereocenters. The van der Waals surface area contributed by atoms with E-state index in [-0.39, 0.29) is 18.3 Å². The lowest BCUT2D eigenvalue weighted by atomic mass is 10.3. The van der Waals surface area contributed by atoms with Gasteiger partial charge >= 0.3 is 0 Å². The number of thiophene rings is 1. The minimum Gasteiger partial charge on any atom is -0.325 e. The van der Waals surface area contributed by atoms with Crippen LogP contribution >= 0.6 is 22.9 Å². The average molecular weight is 313 g/mol. The van der Waals surface area contributed by atoms with Crippen molar-refractivity contribution in [3.63, 3.8) is 0 Å². The summed E-state index contributed by atoms with van der Waals surface area (Å²) in [5.74, 6) is -0.565. The van der Waals surface area contributed by atoms with Gasteiger partial charge in [-0.2, -0.15) is 0 Å². The van der Waals surface area contributed by atoms with E-state index in [1.807, 2.05) is 12.1 Å². The molecule has 1 heterocycles. The number of anilines is 1. The van der Waals surface area contributed by atoms with Crippen LogP contribution in [0.1, 0.15) is 4.88 Å². The fourth-order valence-electron chi connectivity index (χ4n) is 1.67. The third kappa shape index (κ3) is 4.92. The number of benzene rings is 1. The topological polar surface area (TPSA) is 41.1 Å². The maximum Gasteiger partial charge on any atom is 0.238 e. The second-order valence-electron chi connectivity index (χ2n) is 4.19. The molecule has 0 bridgehead atoms. The number of rotatable bonds is 6. The van der Waals surface area contributed by atoms with Gasteiger partial charge in [0.2, 0.25) is 5.91 Å². The molecule has 1 aromatic carbocycles. The van der Waals surface area contributed by atoms with Crippen LogP contribution in [-0.2, 0) is 11.2 Å². The van der Waals surface area contributed by atoms with Gasteiger partial charge < -0.3 is 10.6 Å². The van der Waals surface area contributed by atoms with E-state index < -0.39 is 0 Å². The number of hydrogen-bond acceptors (Lipinski definition) is 3. The molecule has 1 aromatic heterocycles. The second-order valence-corrected chi connectivity index (χ2v) is 5.99. The zero-order valence-electron chi connectivity index (χ0n) is 10.7. The van der Waals surface area contributed by atoms with Crippen LogP contribution in [0, 0.1) is 5.82 Å². The summed E-state index contributed by atoms with van der Waals surface area (Å²) in [6.07, 6.45) is 0.824. The van der Waals surface area contributed by atoms with Crippen molar-refractivity contribution in [2.24, 2.45) is 0 Å². The summed E-state index contributed by atoms with van der Waals surface area (Å²) in [5, 5.41) is 5.66. The summed E-state index contributed by atoms with van der Waals surface area (Å²) in [7, 11) is 0. The van der Waals surface area contributed by atoms with Gasteiger partial charge in [-0.05, 0) is 36.8 Å². The van der Waals surface area contributed by atoms with Gasteiger partial charge in [-0.25, -0.2) is 4.39 Å². The Morgan fingerprint density at radius 1 is 1.30 bits per heavy atom. The zero-order valence-corrected chi connectivity index (χ0v) is 12.2. The van der Waals surface area contributed by atoms with Crippen molar-refractivity contribution in [1.82, 2.24) is 5.32 Å². The molecule has 1 amide bonds. The Labute approximate surface area is 125 Å². The standard InChI is InChI=1S/C14H14ClFN2OS/c15-13-5-4-12(20-13)6-7-17-9-14(19)18-11-3-1-2-10(16)8-11/h1-5,8,17H,6-7,9H2,(H,18,19). The first-order valence-electron chi connectivity index (χ1n) is 6.14. The molecular formula is C14H14ClFN2OS. The number of hydrogen-bond donors (Lipinski definition) is 2. The highest BCUT2D eigenvalue weighted by molar-refractivity contribution is 7.16. The van der Waals surface area contributed by atoms with Crippen LogP contribution in [0.5, 0.6) is 0 Å². The number of carbonyl (C=O) groups is 1. The first-order chi connectivity index (χ1) is 9.63. The van der Waals surface area contributed by atoms with Gasteiger partial charge in [0.25, 0.3) is 0 Å². The summed E-state index contributed by atoms with van der Waals surface area (Å²) in [5.41, 5.74) is 0.460. The Morgan fingerprint density at radius 3 is 2.85 bits per heavy atom. The Balaban J connectivity index is 1.67. The fourth-order valence-corrected chi connectivity index (χ4v) is 2.76. The van der Waals surface area contributed by atoms with Gasteiger partial charge in [0, 0.05) is 17.1 Å². The van der Waals surface area contributed by atoms with Crippen LogP contribution < -0.4 is 10.6 Å². The lowest BCUT2D eigenvalue weighted by Gasteiger charge is -2.06. The van der Waals surface area contributed by atoms with Crippen molar-refractivity contribution in [3.8, 4) is 0 Å². The number of nitrogens with one attached hydrogen (secondary N) is 2. The fraction of sp³-hybridized carbons (Fsp3) is 0.214. The molecule has 6 heteroatoms. The molecule has 3 nitrogen and oxygen atoms in total. The van der Waals surface area contributed by atoms with E-state index in [0.717, 1.165) is 10.8 Å². The normalized spacial score (nSPS) is 10.5. The molecule has 0 aliphatic carbocycles. The monoisotopic (exact) mass is 312 g/mol. The molecule has 106 valence electrons. The summed E-state index contributed by atoms with van der Waals surface area (Å²) in [6, 6.07) is 9.65. The zero-order chi connectivity index (χ0) is 14.4. The molecule has 0 aliphatic heterocycles. The van der Waals surface area contributed by atoms with Gasteiger partial charge in [-0.1, -0.05) is 17.7 Å². The van der Waals surface area contributed by atoms with Crippen molar-refractivity contribution in [2.75, 3.05) is 18.4 Å². The van der Waals surface area contributed by atoms with Crippen molar-refractivity contribution >= 4 is 34.5 Å².